The van der Waals surface area contributed by atoms with Gasteiger partial charge in [0.1, 0.15) is 35.4 Å². The number of halogens is 2. The van der Waals surface area contributed by atoms with Crippen molar-refractivity contribution in [2.24, 2.45) is 0 Å². The minimum Gasteiger partial charge on any atom is -0.203 e. The highest BCUT2D eigenvalue weighted by molar-refractivity contribution is 5.74. The Kier molecular flexibility index (Phi) is 3.72. The first-order chi connectivity index (χ1) is 8.60. The minimum absolute atomic E-state index is 0.503. The van der Waals surface area contributed by atoms with E-state index < -0.39 is 33.2 Å². The third-order valence-electron chi connectivity index (χ3n) is 2.07. The molecular formula is C12H2F2N4. The maximum Gasteiger partial charge on any atom is 0.168 e. The van der Waals surface area contributed by atoms with Crippen molar-refractivity contribution in [3.05, 3.63) is 34.2 Å². The number of hydrogen-bond donors (Lipinski definition) is 0. The summed E-state index contributed by atoms with van der Waals surface area (Å²) >= 11 is 0. The van der Waals surface area contributed by atoms with Gasteiger partial charge in [0.15, 0.2) is 11.6 Å². The Morgan fingerprint density at radius 2 is 1.00 bits per heavy atom. The van der Waals surface area contributed by atoms with Crippen molar-refractivity contribution >= 4 is 11.1 Å². The van der Waals surface area contributed by atoms with Gasteiger partial charge in [-0.05, 0) is 12.1 Å². The summed E-state index contributed by atoms with van der Waals surface area (Å²) in [5.74, 6) is -2.87. The molecule has 0 unspecified atom stereocenters. The fourth-order valence-corrected chi connectivity index (χ4v) is 1.23. The van der Waals surface area contributed by atoms with Gasteiger partial charge in [-0.3, -0.25) is 0 Å². The van der Waals surface area contributed by atoms with Crippen LogP contribution in [0.3, 0.4) is 0 Å². The number of hydrogen-bond acceptors (Lipinski definition) is 4. The largest absolute Gasteiger partial charge is 0.203 e. The number of benzene rings is 1. The van der Waals surface area contributed by atoms with Crippen molar-refractivity contribution in [3.63, 3.8) is 0 Å². The second-order valence-corrected chi connectivity index (χ2v) is 2.99. The fraction of sp³-hybridized carbons (Fsp3) is 0. The second kappa shape index (κ2) is 5.21. The molecule has 1 aromatic rings. The molecular weight excluding hydrogens is 238 g/mol. The maximum absolute atomic E-state index is 13.6. The molecule has 0 spiro atoms. The van der Waals surface area contributed by atoms with E-state index in [9.17, 15) is 8.78 Å². The van der Waals surface area contributed by atoms with E-state index in [-0.39, 0.29) is 0 Å². The standard InChI is InChI=1S/C12H2F2N4/c13-11-9(7(3-15)4-16)1-2-10(12(11)14)8(5-17)6-18/h1-2H. The Bertz CT molecular complexity index is 694. The summed E-state index contributed by atoms with van der Waals surface area (Å²) < 4.78 is 27.2. The van der Waals surface area contributed by atoms with Crippen molar-refractivity contribution < 1.29 is 8.78 Å². The highest BCUT2D eigenvalue weighted by atomic mass is 19.2. The molecule has 1 rings (SSSR count). The number of nitrogens with zero attached hydrogens (tertiary/aromatic N) is 4. The van der Waals surface area contributed by atoms with Crippen LogP contribution in [0.4, 0.5) is 8.78 Å². The van der Waals surface area contributed by atoms with Gasteiger partial charge in [0, 0.05) is 10.4 Å². The zero-order valence-corrected chi connectivity index (χ0v) is 8.70. The van der Waals surface area contributed by atoms with Crippen LogP contribution in [-0.2, 0) is 0 Å². The number of nitriles is 4. The van der Waals surface area contributed by atoms with E-state index in [4.69, 9.17) is 21.0 Å². The van der Waals surface area contributed by atoms with Gasteiger partial charge in [0.25, 0.3) is 0 Å². The van der Waals surface area contributed by atoms with Crippen LogP contribution in [0.15, 0.2) is 12.1 Å². The molecule has 0 fully saturated rings. The summed E-state index contributed by atoms with van der Waals surface area (Å²) in [5.41, 5.74) is -1.18. The van der Waals surface area contributed by atoms with Gasteiger partial charge < -0.3 is 0 Å². The minimum atomic E-state index is -1.44. The van der Waals surface area contributed by atoms with Gasteiger partial charge in [0.2, 0.25) is 0 Å². The molecule has 0 amide bonds. The lowest BCUT2D eigenvalue weighted by Gasteiger charge is -1.96. The Morgan fingerprint density at radius 3 is 1.22 bits per heavy atom. The predicted molar refractivity (Wildman–Crippen MR) is 54.9 cm³/mol. The van der Waals surface area contributed by atoms with Gasteiger partial charge in [-0.15, -0.1) is 0 Å². The van der Waals surface area contributed by atoms with E-state index in [2.05, 4.69) is 0 Å². The lowest BCUT2D eigenvalue weighted by atomic mass is 10.1. The summed E-state index contributed by atoms with van der Waals surface area (Å²) in [5, 5.41) is 33.2. The molecule has 0 aromatic heterocycles. The monoisotopic (exact) mass is 240 g/mol. The maximum atomic E-state index is 13.6. The Balaban J connectivity index is 3.98. The summed E-state index contributed by atoms with van der Waals surface area (Å²) in [6, 6.07) is 7.65. The summed E-state index contributed by atoms with van der Waals surface area (Å²) in [6.07, 6.45) is 0. The quantitative estimate of drug-likeness (QED) is 0.654. The van der Waals surface area contributed by atoms with Crippen LogP contribution >= 0.6 is 0 Å². The van der Waals surface area contributed by atoms with Crippen molar-refractivity contribution in [1.29, 1.82) is 21.0 Å². The molecule has 6 heteroatoms. The Hall–Kier alpha value is -3.22. The third kappa shape index (κ3) is 2.00. The summed E-state index contributed by atoms with van der Waals surface area (Å²) in [4.78, 5) is 0. The van der Waals surface area contributed by atoms with Crippen LogP contribution < -0.4 is 10.4 Å². The van der Waals surface area contributed by atoms with E-state index in [0.29, 0.717) is 0 Å². The lowest BCUT2D eigenvalue weighted by Crippen LogP contribution is -2.22. The van der Waals surface area contributed by atoms with E-state index in [0.717, 1.165) is 12.1 Å². The highest BCUT2D eigenvalue weighted by Gasteiger charge is 2.11. The molecule has 4 nitrogen and oxygen atoms in total. The van der Waals surface area contributed by atoms with Crippen LogP contribution in [0.2, 0.25) is 0 Å². The van der Waals surface area contributed by atoms with Crippen LogP contribution in [0, 0.1) is 57.0 Å². The zero-order chi connectivity index (χ0) is 13.7. The van der Waals surface area contributed by atoms with Crippen LogP contribution in [0.25, 0.3) is 11.1 Å². The smallest absolute Gasteiger partial charge is 0.168 e. The van der Waals surface area contributed by atoms with Gasteiger partial charge in [-0.2, -0.15) is 21.0 Å². The number of rotatable bonds is 0. The third-order valence-corrected chi connectivity index (χ3v) is 2.07. The van der Waals surface area contributed by atoms with Gasteiger partial charge in [0.05, 0.1) is 0 Å². The molecule has 1 aromatic carbocycles. The van der Waals surface area contributed by atoms with Crippen LogP contribution in [-0.4, -0.2) is 0 Å². The molecule has 0 aliphatic heterocycles. The lowest BCUT2D eigenvalue weighted by molar-refractivity contribution is 0.497. The predicted octanol–water partition coefficient (Wildman–Crippen LogP) is 0.361. The van der Waals surface area contributed by atoms with Gasteiger partial charge in [-0.1, -0.05) is 0 Å². The topological polar surface area (TPSA) is 95.2 Å². The summed E-state index contributed by atoms with van der Waals surface area (Å²) in [6.45, 7) is 0. The van der Waals surface area contributed by atoms with Crippen LogP contribution in [0.1, 0.15) is 0 Å². The normalized spacial score (nSPS) is 8.33. The first kappa shape index (κ1) is 12.8. The van der Waals surface area contributed by atoms with Crippen LogP contribution in [0.5, 0.6) is 0 Å². The summed E-state index contributed by atoms with van der Waals surface area (Å²) in [7, 11) is 0. The molecule has 0 aliphatic carbocycles. The average Bonchev–Trinajstić information content (AvgIpc) is 2.39. The fourth-order valence-electron chi connectivity index (χ4n) is 1.23. The van der Waals surface area contributed by atoms with E-state index in [1.807, 2.05) is 0 Å². The Labute approximate surface area is 100 Å². The van der Waals surface area contributed by atoms with Gasteiger partial charge in [-0.25, -0.2) is 8.78 Å². The molecule has 84 valence electrons. The highest BCUT2D eigenvalue weighted by Crippen LogP contribution is 1.99. The molecule has 0 N–H and O–H groups in total. The second-order valence-electron chi connectivity index (χ2n) is 2.99. The van der Waals surface area contributed by atoms with E-state index in [1.54, 1.807) is 0 Å². The first-order valence-corrected chi connectivity index (χ1v) is 4.43. The molecule has 0 saturated carbocycles. The molecule has 0 aliphatic rings. The van der Waals surface area contributed by atoms with Crippen molar-refractivity contribution in [2.75, 3.05) is 0 Å². The van der Waals surface area contributed by atoms with Crippen molar-refractivity contribution in [3.8, 4) is 24.3 Å². The molecule has 0 atom stereocenters. The van der Waals surface area contributed by atoms with Crippen molar-refractivity contribution in [2.45, 2.75) is 0 Å². The molecule has 0 bridgehead atoms. The molecule has 0 saturated heterocycles. The Morgan fingerprint density at radius 1 is 0.722 bits per heavy atom. The van der Waals surface area contributed by atoms with Gasteiger partial charge >= 0.3 is 0 Å². The average molecular weight is 240 g/mol. The molecule has 18 heavy (non-hydrogen) atoms. The zero-order valence-electron chi connectivity index (χ0n) is 8.70. The molecule has 0 radical (unpaired) electrons. The van der Waals surface area contributed by atoms with Crippen molar-refractivity contribution in [1.82, 2.24) is 0 Å². The molecule has 0 heterocycles. The van der Waals surface area contributed by atoms with E-state index in [1.165, 1.54) is 24.3 Å². The first-order valence-electron chi connectivity index (χ1n) is 4.43. The van der Waals surface area contributed by atoms with E-state index >= 15 is 0 Å². The SMILES string of the molecule is N#CC(C#N)=c1ccc(=C(C#N)C#N)c(F)c1F.